The Balaban J connectivity index is 1.81. The summed E-state index contributed by atoms with van der Waals surface area (Å²) in [5, 5.41) is 0. The number of esters is 1. The van der Waals surface area contributed by atoms with Gasteiger partial charge in [0.05, 0.1) is 5.56 Å². The second-order valence-electron chi connectivity index (χ2n) is 6.38. The largest absolute Gasteiger partial charge is 0.423 e. The summed E-state index contributed by atoms with van der Waals surface area (Å²) in [6.45, 7) is 5.70. The van der Waals surface area contributed by atoms with Gasteiger partial charge in [0.25, 0.3) is 0 Å². The van der Waals surface area contributed by atoms with Gasteiger partial charge in [-0.05, 0) is 62.2 Å². The molecule has 0 aliphatic carbocycles. The van der Waals surface area contributed by atoms with E-state index in [4.69, 9.17) is 4.74 Å². The van der Waals surface area contributed by atoms with Gasteiger partial charge in [-0.1, -0.05) is 42.0 Å². The maximum Gasteiger partial charge on any atom is 0.343 e. The fraction of sp³-hybridized carbons (Fsp3) is 0.130. The molecule has 0 unspecified atom stereocenters. The minimum atomic E-state index is -0.411. The molecular weight excluding hydrogens is 324 g/mol. The van der Waals surface area contributed by atoms with Crippen LogP contribution < -0.4 is 4.74 Å². The van der Waals surface area contributed by atoms with E-state index in [1.807, 2.05) is 57.2 Å². The van der Waals surface area contributed by atoms with Gasteiger partial charge in [0.2, 0.25) is 0 Å². The number of aryl methyl sites for hydroxylation is 3. The summed E-state index contributed by atoms with van der Waals surface area (Å²) >= 11 is 0. The highest BCUT2D eigenvalue weighted by Crippen LogP contribution is 2.23. The van der Waals surface area contributed by atoms with Gasteiger partial charge < -0.3 is 4.74 Å². The smallest absolute Gasteiger partial charge is 0.343 e. The minimum absolute atomic E-state index is 0.0392. The van der Waals surface area contributed by atoms with Crippen LogP contribution in [0, 0.1) is 20.8 Å². The zero-order chi connectivity index (χ0) is 18.7. The molecule has 3 nitrogen and oxygen atoms in total. The second kappa shape index (κ2) is 7.36. The number of carbonyl (C=O) groups excluding carboxylic acids is 2. The van der Waals surface area contributed by atoms with Crippen LogP contribution in [0.1, 0.15) is 43.0 Å². The molecule has 0 heterocycles. The Morgan fingerprint density at radius 3 is 2.04 bits per heavy atom. The van der Waals surface area contributed by atoms with Crippen LogP contribution in [0.4, 0.5) is 0 Å². The molecular formula is C23H20O3. The lowest BCUT2D eigenvalue weighted by molar-refractivity contribution is 0.0733. The number of carbonyl (C=O) groups is 2. The topological polar surface area (TPSA) is 43.4 Å². The fourth-order valence-electron chi connectivity index (χ4n) is 2.74. The van der Waals surface area contributed by atoms with Gasteiger partial charge in [-0.2, -0.15) is 0 Å². The molecule has 0 aliphatic heterocycles. The van der Waals surface area contributed by atoms with Crippen LogP contribution in [-0.4, -0.2) is 11.8 Å². The molecule has 0 spiro atoms. The first-order chi connectivity index (χ1) is 12.5. The van der Waals surface area contributed by atoms with Gasteiger partial charge in [0, 0.05) is 11.1 Å². The van der Waals surface area contributed by atoms with Gasteiger partial charge in [0.15, 0.2) is 5.78 Å². The van der Waals surface area contributed by atoms with Crippen LogP contribution in [0.3, 0.4) is 0 Å². The molecule has 0 N–H and O–H groups in total. The van der Waals surface area contributed by atoms with E-state index in [9.17, 15) is 9.59 Å². The van der Waals surface area contributed by atoms with E-state index in [0.717, 1.165) is 16.7 Å². The predicted octanol–water partition coefficient (Wildman–Crippen LogP) is 5.06. The maximum absolute atomic E-state index is 12.7. The Kier molecular flexibility index (Phi) is 4.99. The molecule has 3 aromatic rings. The third-order valence-corrected chi connectivity index (χ3v) is 4.32. The Bertz CT molecular complexity index is 969. The van der Waals surface area contributed by atoms with Gasteiger partial charge in [-0.3, -0.25) is 4.79 Å². The van der Waals surface area contributed by atoms with Gasteiger partial charge >= 0.3 is 5.97 Å². The quantitative estimate of drug-likeness (QED) is 0.377. The first-order valence-electron chi connectivity index (χ1n) is 8.45. The third-order valence-electron chi connectivity index (χ3n) is 4.32. The first kappa shape index (κ1) is 17.6. The van der Waals surface area contributed by atoms with Crippen LogP contribution in [0.25, 0.3) is 0 Å². The lowest BCUT2D eigenvalue weighted by Crippen LogP contribution is -2.10. The molecule has 3 heteroatoms. The molecule has 0 aliphatic rings. The highest BCUT2D eigenvalue weighted by Gasteiger charge is 2.15. The average molecular weight is 344 g/mol. The summed E-state index contributed by atoms with van der Waals surface area (Å²) in [4.78, 5) is 25.0. The highest BCUT2D eigenvalue weighted by molar-refractivity contribution is 6.10. The highest BCUT2D eigenvalue weighted by atomic mass is 16.5. The van der Waals surface area contributed by atoms with Crippen molar-refractivity contribution in [3.63, 3.8) is 0 Å². The average Bonchev–Trinajstić information content (AvgIpc) is 2.63. The van der Waals surface area contributed by atoms with Crippen molar-refractivity contribution in [1.29, 1.82) is 0 Å². The summed E-state index contributed by atoms with van der Waals surface area (Å²) in [6.07, 6.45) is 0. The summed E-state index contributed by atoms with van der Waals surface area (Å²) in [6, 6.07) is 19.8. The van der Waals surface area contributed by atoms with Gasteiger partial charge in [0.1, 0.15) is 5.75 Å². The van der Waals surface area contributed by atoms with Crippen LogP contribution in [-0.2, 0) is 0 Å². The zero-order valence-electron chi connectivity index (χ0n) is 15.1. The Morgan fingerprint density at radius 2 is 1.38 bits per heavy atom. The van der Waals surface area contributed by atoms with Gasteiger partial charge in [-0.15, -0.1) is 0 Å². The Morgan fingerprint density at radius 1 is 0.731 bits per heavy atom. The van der Waals surface area contributed by atoms with Crippen LogP contribution in [0.15, 0.2) is 66.7 Å². The number of ether oxygens (including phenoxy) is 1. The van der Waals surface area contributed by atoms with Gasteiger partial charge in [-0.25, -0.2) is 4.79 Å². The number of rotatable bonds is 4. The molecule has 0 fully saturated rings. The maximum atomic E-state index is 12.7. The van der Waals surface area contributed by atoms with Crippen molar-refractivity contribution < 1.29 is 14.3 Å². The zero-order valence-corrected chi connectivity index (χ0v) is 15.1. The second-order valence-corrected chi connectivity index (χ2v) is 6.38. The van der Waals surface area contributed by atoms with Crippen molar-refractivity contribution in [2.45, 2.75) is 20.8 Å². The van der Waals surface area contributed by atoms with Crippen molar-refractivity contribution in [3.05, 3.63) is 100 Å². The molecule has 0 atom stereocenters. The van der Waals surface area contributed by atoms with Crippen molar-refractivity contribution >= 4 is 11.8 Å². The molecule has 3 rings (SSSR count). The molecule has 0 bridgehead atoms. The predicted molar refractivity (Wildman–Crippen MR) is 102 cm³/mol. The monoisotopic (exact) mass is 344 g/mol. The minimum Gasteiger partial charge on any atom is -0.423 e. The molecule has 0 saturated carbocycles. The van der Waals surface area contributed by atoms with Crippen molar-refractivity contribution in [2.75, 3.05) is 0 Å². The number of hydrogen-bond acceptors (Lipinski definition) is 3. The lowest BCUT2D eigenvalue weighted by Gasteiger charge is -2.10. The van der Waals surface area contributed by atoms with E-state index in [-0.39, 0.29) is 5.78 Å². The molecule has 0 saturated heterocycles. The number of benzene rings is 3. The Hall–Kier alpha value is -3.20. The summed E-state index contributed by atoms with van der Waals surface area (Å²) in [5.74, 6) is 0.00519. The van der Waals surface area contributed by atoms with Crippen LogP contribution in [0.5, 0.6) is 5.75 Å². The SMILES string of the molecule is Cc1ccc(C(=O)Oc2ccc(C(=O)c3ccccc3C)cc2C)cc1. The van der Waals surface area contributed by atoms with E-state index in [1.54, 1.807) is 30.3 Å². The summed E-state index contributed by atoms with van der Waals surface area (Å²) < 4.78 is 5.49. The molecule has 0 amide bonds. The van der Waals surface area contributed by atoms with E-state index >= 15 is 0 Å². The van der Waals surface area contributed by atoms with Crippen LogP contribution >= 0.6 is 0 Å². The molecule has 26 heavy (non-hydrogen) atoms. The van der Waals surface area contributed by atoms with Crippen LogP contribution in [0.2, 0.25) is 0 Å². The standard InChI is InChI=1S/C23H20O3/c1-15-8-10-18(11-9-15)23(25)26-21-13-12-19(14-17(21)3)22(24)20-7-5-4-6-16(20)2/h4-14H,1-3H3. The third kappa shape index (κ3) is 3.72. The molecule has 130 valence electrons. The summed E-state index contributed by atoms with van der Waals surface area (Å²) in [7, 11) is 0. The van der Waals surface area contributed by atoms with E-state index in [0.29, 0.717) is 22.4 Å². The fourth-order valence-corrected chi connectivity index (χ4v) is 2.74. The van der Waals surface area contributed by atoms with E-state index in [2.05, 4.69) is 0 Å². The molecule has 0 aromatic heterocycles. The van der Waals surface area contributed by atoms with Crippen molar-refractivity contribution in [1.82, 2.24) is 0 Å². The normalized spacial score (nSPS) is 10.4. The first-order valence-corrected chi connectivity index (χ1v) is 8.45. The number of ketones is 1. The Labute approximate surface area is 153 Å². The summed E-state index contributed by atoms with van der Waals surface area (Å²) in [5.41, 5.74) is 4.50. The van der Waals surface area contributed by atoms with E-state index in [1.165, 1.54) is 0 Å². The molecule has 0 radical (unpaired) electrons. The lowest BCUT2D eigenvalue weighted by atomic mass is 9.98. The van der Waals surface area contributed by atoms with E-state index < -0.39 is 5.97 Å². The number of hydrogen-bond donors (Lipinski definition) is 0. The van der Waals surface area contributed by atoms with Crippen molar-refractivity contribution in [3.8, 4) is 5.75 Å². The van der Waals surface area contributed by atoms with Crippen molar-refractivity contribution in [2.24, 2.45) is 0 Å². The molecule has 3 aromatic carbocycles.